The normalized spacial score (nSPS) is 23.0. The predicted molar refractivity (Wildman–Crippen MR) is 82.5 cm³/mol. The van der Waals surface area contributed by atoms with Crippen LogP contribution in [0, 0.1) is 5.41 Å². The summed E-state index contributed by atoms with van der Waals surface area (Å²) in [6.07, 6.45) is -1.05. The topological polar surface area (TPSA) is 130 Å². The SMILES string of the molecule is COC(=O)CCNC(=O)[C@@H]1O[PH](O)(OCOC(C)=O)OCC1(C)C. The van der Waals surface area contributed by atoms with E-state index in [1.165, 1.54) is 14.0 Å². The van der Waals surface area contributed by atoms with Crippen molar-refractivity contribution in [2.45, 2.75) is 33.3 Å². The van der Waals surface area contributed by atoms with Gasteiger partial charge in [-0.1, -0.05) is 0 Å². The molecule has 0 aromatic rings. The summed E-state index contributed by atoms with van der Waals surface area (Å²) in [6, 6.07) is 0. The van der Waals surface area contributed by atoms with Crippen LogP contribution in [0.15, 0.2) is 0 Å². The summed E-state index contributed by atoms with van der Waals surface area (Å²) in [5, 5.41) is 2.54. The molecule has 0 unspecified atom stereocenters. The summed E-state index contributed by atoms with van der Waals surface area (Å²) in [6.45, 7) is 4.14. The van der Waals surface area contributed by atoms with Crippen molar-refractivity contribution < 1.29 is 42.3 Å². The number of nitrogens with one attached hydrogen (secondary N) is 1. The van der Waals surface area contributed by atoms with Gasteiger partial charge in [0, 0.05) is 0 Å². The van der Waals surface area contributed by atoms with Crippen LogP contribution in [0.1, 0.15) is 27.2 Å². The Morgan fingerprint density at radius 3 is 2.62 bits per heavy atom. The van der Waals surface area contributed by atoms with E-state index < -0.39 is 44.3 Å². The van der Waals surface area contributed by atoms with Crippen LogP contribution in [-0.2, 0) is 37.4 Å². The van der Waals surface area contributed by atoms with E-state index in [0.29, 0.717) is 0 Å². The van der Waals surface area contributed by atoms with E-state index in [-0.39, 0.29) is 19.6 Å². The minimum absolute atomic E-state index is 0.00484. The van der Waals surface area contributed by atoms with Gasteiger partial charge in [0.15, 0.2) is 0 Å². The predicted octanol–water partition coefficient (Wildman–Crippen LogP) is 0.0467. The molecule has 1 aliphatic rings. The van der Waals surface area contributed by atoms with Crippen LogP contribution in [0.4, 0.5) is 0 Å². The fourth-order valence-corrected chi connectivity index (χ4v) is 3.55. The second kappa shape index (κ2) is 8.68. The van der Waals surface area contributed by atoms with Crippen LogP contribution < -0.4 is 5.32 Å². The Hall–Kier alpha value is -1.32. The molecule has 1 heterocycles. The Labute approximate surface area is 140 Å². The molecule has 0 aliphatic carbocycles. The third-order valence-corrected chi connectivity index (χ3v) is 4.73. The first kappa shape index (κ1) is 20.7. The standard InChI is InChI=1S/C13H24NO9P/c1-9(15)20-8-22-24(18)21-7-13(2,3)11(23-24)12(17)14-6-5-10(16)19-4/h11,18,24H,5-8H2,1-4H3,(H,14,17)/t11-/m0/s1. The zero-order valence-electron chi connectivity index (χ0n) is 14.1. The average Bonchev–Trinajstić information content (AvgIpc) is 2.49. The van der Waals surface area contributed by atoms with Crippen molar-refractivity contribution in [3.05, 3.63) is 0 Å². The first-order valence-corrected chi connectivity index (χ1v) is 8.93. The van der Waals surface area contributed by atoms with Crippen LogP contribution in [-0.4, -0.2) is 55.9 Å². The molecule has 24 heavy (non-hydrogen) atoms. The van der Waals surface area contributed by atoms with Gasteiger partial charge in [-0.2, -0.15) is 0 Å². The molecule has 1 saturated heterocycles. The molecule has 0 bridgehead atoms. The van der Waals surface area contributed by atoms with Gasteiger partial charge in [-0.05, 0) is 0 Å². The van der Waals surface area contributed by atoms with Crippen molar-refractivity contribution >= 4 is 26.0 Å². The Bertz CT molecular complexity index is 484. The molecule has 0 radical (unpaired) electrons. The van der Waals surface area contributed by atoms with E-state index in [4.69, 9.17) is 13.6 Å². The van der Waals surface area contributed by atoms with Crippen molar-refractivity contribution in [1.82, 2.24) is 5.32 Å². The Morgan fingerprint density at radius 2 is 2.04 bits per heavy atom. The van der Waals surface area contributed by atoms with E-state index in [1.54, 1.807) is 13.8 Å². The number of hydrogen-bond donors (Lipinski definition) is 2. The first-order valence-electron chi connectivity index (χ1n) is 7.25. The zero-order valence-corrected chi connectivity index (χ0v) is 15.1. The van der Waals surface area contributed by atoms with Crippen LogP contribution in [0.3, 0.4) is 0 Å². The number of methoxy groups -OCH3 is 1. The molecular formula is C13H24NO9P. The molecule has 1 amide bonds. The molecule has 0 saturated carbocycles. The summed E-state index contributed by atoms with van der Waals surface area (Å²) in [4.78, 5) is 44.3. The van der Waals surface area contributed by atoms with Gasteiger partial charge < -0.3 is 0 Å². The summed E-state index contributed by atoms with van der Waals surface area (Å²) >= 11 is 0. The molecule has 10 nitrogen and oxygen atoms in total. The summed E-state index contributed by atoms with van der Waals surface area (Å²) in [5.41, 5.74) is -0.737. The minimum atomic E-state index is -4.12. The molecule has 1 rings (SSSR count). The summed E-state index contributed by atoms with van der Waals surface area (Å²) < 4.78 is 24.6. The number of esters is 2. The van der Waals surface area contributed by atoms with Crippen molar-refractivity contribution in [1.29, 1.82) is 0 Å². The molecule has 2 N–H and O–H groups in total. The molecule has 11 heteroatoms. The Morgan fingerprint density at radius 1 is 1.38 bits per heavy atom. The first-order chi connectivity index (χ1) is 11.1. The molecule has 1 fully saturated rings. The van der Waals surface area contributed by atoms with E-state index in [9.17, 15) is 19.3 Å². The average molecular weight is 369 g/mol. The molecular weight excluding hydrogens is 345 g/mol. The van der Waals surface area contributed by atoms with Gasteiger partial charge in [0.1, 0.15) is 0 Å². The number of carbonyl (C=O) groups is 3. The second-order valence-electron chi connectivity index (χ2n) is 5.81. The molecule has 0 spiro atoms. The molecule has 0 aromatic heterocycles. The number of hydrogen-bond acceptors (Lipinski definition) is 9. The van der Waals surface area contributed by atoms with E-state index in [2.05, 4.69) is 14.8 Å². The zero-order chi connectivity index (χ0) is 18.4. The van der Waals surface area contributed by atoms with Crippen molar-refractivity contribution in [3.8, 4) is 0 Å². The maximum absolute atomic E-state index is 12.3. The summed E-state index contributed by atoms with van der Waals surface area (Å²) in [5.74, 6) is -1.58. The maximum atomic E-state index is 12.3. The van der Waals surface area contributed by atoms with Crippen LogP contribution in [0.2, 0.25) is 0 Å². The van der Waals surface area contributed by atoms with E-state index in [0.717, 1.165) is 0 Å². The van der Waals surface area contributed by atoms with Gasteiger partial charge in [-0.25, -0.2) is 0 Å². The fraction of sp³-hybridized carbons (Fsp3) is 0.769. The molecule has 0 aromatic carbocycles. The van der Waals surface area contributed by atoms with Crippen molar-refractivity contribution in [2.24, 2.45) is 5.41 Å². The fourth-order valence-electron chi connectivity index (χ4n) is 1.85. The third kappa shape index (κ3) is 6.29. The molecule has 1 atom stereocenters. The van der Waals surface area contributed by atoms with Gasteiger partial charge >= 0.3 is 139 Å². The van der Waals surface area contributed by atoms with Crippen LogP contribution in [0.25, 0.3) is 0 Å². The Kier molecular flexibility index (Phi) is 7.50. The van der Waals surface area contributed by atoms with Gasteiger partial charge in [-0.15, -0.1) is 0 Å². The number of carbonyl (C=O) groups excluding carboxylic acids is 3. The van der Waals surface area contributed by atoms with Gasteiger partial charge in [-0.3, -0.25) is 0 Å². The second-order valence-corrected chi connectivity index (χ2v) is 7.68. The van der Waals surface area contributed by atoms with Gasteiger partial charge in [0.2, 0.25) is 0 Å². The van der Waals surface area contributed by atoms with E-state index >= 15 is 0 Å². The number of ether oxygens (including phenoxy) is 2. The number of amides is 1. The number of rotatable bonds is 7. The van der Waals surface area contributed by atoms with E-state index in [1.807, 2.05) is 0 Å². The van der Waals surface area contributed by atoms with Crippen molar-refractivity contribution in [3.63, 3.8) is 0 Å². The van der Waals surface area contributed by atoms with Gasteiger partial charge in [0.25, 0.3) is 0 Å². The van der Waals surface area contributed by atoms with Crippen molar-refractivity contribution in [2.75, 3.05) is 27.1 Å². The molecule has 140 valence electrons. The third-order valence-electron chi connectivity index (χ3n) is 3.20. The van der Waals surface area contributed by atoms with Crippen LogP contribution in [0.5, 0.6) is 0 Å². The monoisotopic (exact) mass is 369 g/mol. The quantitative estimate of drug-likeness (QED) is 0.363. The summed E-state index contributed by atoms with van der Waals surface area (Å²) in [7, 11) is -2.86. The Balaban J connectivity index is 2.62. The molecule has 1 aliphatic heterocycles. The van der Waals surface area contributed by atoms with Crippen LogP contribution >= 0.6 is 8.17 Å². The van der Waals surface area contributed by atoms with Gasteiger partial charge in [0.05, 0.1) is 0 Å².